The van der Waals surface area contributed by atoms with Gasteiger partial charge in [0.25, 0.3) is 17.7 Å². The van der Waals surface area contributed by atoms with Crippen molar-refractivity contribution in [2.24, 2.45) is 17.2 Å². The largest absolute Gasteiger partial charge is 0.480 e. The molecule has 0 aromatic carbocycles. The molecule has 33 nitrogen and oxygen atoms in total. The van der Waals surface area contributed by atoms with Crippen LogP contribution < -0.4 is 59.1 Å². The van der Waals surface area contributed by atoms with Gasteiger partial charge in [0.2, 0.25) is 23.6 Å². The normalized spacial score (nSPS) is 15.6. The Morgan fingerprint density at radius 1 is 0.453 bits per heavy atom. The summed E-state index contributed by atoms with van der Waals surface area (Å²) in [6, 6.07) is -3.05. The molecule has 0 saturated heterocycles. The van der Waals surface area contributed by atoms with Crippen molar-refractivity contribution in [3.63, 3.8) is 0 Å². The molecular formula is C36H67I2N11O22S4. The number of rotatable bonds is 37. The standard InChI is InChI=1S/C19H36N6O12S3.C14H24I2N4O8.C3H7NO2S/c20-9(17(32)33)5-38-7-11(26)22-1-2-24-16(31)14(29)13(28)15(30)19(36)40(37)25-4-3-23-12(27)8-39-6-10(21)18(34)35;15-5-7(21)17-1-3-19-13(27)11(25)9(23)10(24)12(26)14(28)20-4-2-18-8(22)6-16;4-2(1-7)3(5)6/h9-10,13-15,19,25,28-30,36H,1-8,20-21H2,(H,22,26)(H,23,27)(H,24,31)(H,32,33)(H,34,35);9-12,23-26H,1-6H2,(H,17,21)(H,18,22)(H,19,27)(H,20,28);2,7H,1,4H2,(H,5,6)/t9?,10?,13-,14-,15-,19-,40?;9-,10+,11+,12-;2-/m0.1/s1. The Labute approximate surface area is 472 Å². The van der Waals surface area contributed by atoms with Gasteiger partial charge in [0.05, 0.1) is 20.4 Å². The van der Waals surface area contributed by atoms with Gasteiger partial charge in [0, 0.05) is 69.6 Å². The van der Waals surface area contributed by atoms with Crippen molar-refractivity contribution in [3.05, 3.63) is 0 Å². The highest BCUT2D eigenvalue weighted by molar-refractivity contribution is 14.1. The second kappa shape index (κ2) is 44.8. The third-order valence-electron chi connectivity index (χ3n) is 8.37. The minimum Gasteiger partial charge on any atom is -0.480 e. The second-order valence-electron chi connectivity index (χ2n) is 14.5. The van der Waals surface area contributed by atoms with Gasteiger partial charge in [-0.1, -0.05) is 45.2 Å². The first-order valence-electron chi connectivity index (χ1n) is 21.3. The Morgan fingerprint density at radius 2 is 0.733 bits per heavy atom. The Hall–Kier alpha value is -3.12. The summed E-state index contributed by atoms with van der Waals surface area (Å²) < 4.78 is 14.9. The number of carbonyl (C=O) groups excluding carboxylic acids is 7. The van der Waals surface area contributed by atoms with E-state index in [-0.39, 0.29) is 102 Å². The number of hydrogen-bond donors (Lipinski definition) is 23. The van der Waals surface area contributed by atoms with Crippen LogP contribution >= 0.6 is 81.3 Å². The summed E-state index contributed by atoms with van der Waals surface area (Å²) in [5.41, 5.74) is 13.4. The highest BCUT2D eigenvalue weighted by atomic mass is 127. The second-order valence-corrected chi connectivity index (χ2v) is 19.8. The number of aliphatic carboxylic acids is 3. The van der Waals surface area contributed by atoms with Gasteiger partial charge in [-0.2, -0.15) is 12.6 Å². The average molecular weight is 1390 g/mol. The first kappa shape index (κ1) is 76.1. The van der Waals surface area contributed by atoms with E-state index in [9.17, 15) is 93.0 Å². The molecule has 0 aliphatic carbocycles. The summed E-state index contributed by atoms with van der Waals surface area (Å²) in [6.45, 7) is -0.343. The number of carbonyl (C=O) groups is 10. The van der Waals surface area contributed by atoms with Crippen LogP contribution in [-0.2, 0) is 58.9 Å². The molecule has 0 rings (SSSR count). The molecule has 0 aromatic rings. The number of thioether (sulfide) groups is 2. The van der Waals surface area contributed by atoms with E-state index in [0.717, 1.165) is 23.5 Å². The topological polar surface area (TPSA) is 585 Å². The van der Waals surface area contributed by atoms with Crippen molar-refractivity contribution in [2.75, 3.05) is 90.0 Å². The smallest absolute Gasteiger partial charge is 0.321 e. The van der Waals surface area contributed by atoms with E-state index < -0.39 is 125 Å². The van der Waals surface area contributed by atoms with Crippen LogP contribution in [0.3, 0.4) is 0 Å². The molecule has 75 heavy (non-hydrogen) atoms. The van der Waals surface area contributed by atoms with E-state index in [1.54, 1.807) is 0 Å². The number of nitrogens with two attached hydrogens (primary N) is 3. The molecule has 0 aliphatic heterocycles. The van der Waals surface area contributed by atoms with Gasteiger partial charge < -0.3 is 111 Å². The maximum atomic E-state index is 12.1. The van der Waals surface area contributed by atoms with Gasteiger partial charge in [-0.3, -0.25) is 47.9 Å². The van der Waals surface area contributed by atoms with Crippen LogP contribution in [-0.4, -0.2) is 276 Å². The van der Waals surface area contributed by atoms with E-state index in [2.05, 4.69) is 54.6 Å². The Morgan fingerprint density at radius 3 is 1.01 bits per heavy atom. The molecule has 39 heteroatoms. The fourth-order valence-corrected chi connectivity index (χ4v) is 7.40. The van der Waals surface area contributed by atoms with Crippen LogP contribution in [0.25, 0.3) is 0 Å². The third kappa shape index (κ3) is 37.4. The number of thiol groups is 1. The number of aliphatic hydroxyl groups is 8. The molecule has 7 amide bonds. The minimum atomic E-state index is -2.37. The maximum absolute atomic E-state index is 12.1. The molecule has 3 unspecified atom stereocenters. The Bertz CT molecular complexity index is 1700. The number of carboxylic acid groups (broad SMARTS) is 3. The van der Waals surface area contributed by atoms with Crippen LogP contribution in [0, 0.1) is 0 Å². The molecule has 25 N–H and O–H groups in total. The van der Waals surface area contributed by atoms with Crippen LogP contribution in [0.5, 0.6) is 0 Å². The van der Waals surface area contributed by atoms with Gasteiger partial charge in [-0.15, -0.1) is 23.5 Å². The molecule has 12 atom stereocenters. The number of aliphatic hydroxyl groups excluding tert-OH is 8. The number of nitrogens with one attached hydrogen (secondary N) is 8. The highest BCUT2D eigenvalue weighted by Crippen LogP contribution is 2.09. The minimum absolute atomic E-state index is 0.0153. The fraction of sp³-hybridized carbons (Fsp3) is 0.722. The molecule has 0 aliphatic rings. The molecule has 0 aromatic heterocycles. The van der Waals surface area contributed by atoms with Crippen LogP contribution in [0.4, 0.5) is 0 Å². The zero-order valence-corrected chi connectivity index (χ0v) is 47.2. The summed E-state index contributed by atoms with van der Waals surface area (Å²) in [5, 5.41) is 121. The van der Waals surface area contributed by atoms with E-state index in [1.165, 1.54) is 0 Å². The van der Waals surface area contributed by atoms with E-state index >= 15 is 0 Å². The van der Waals surface area contributed by atoms with Crippen molar-refractivity contribution in [1.82, 2.24) is 41.9 Å². The van der Waals surface area contributed by atoms with Crippen molar-refractivity contribution in [1.29, 1.82) is 0 Å². The summed E-state index contributed by atoms with van der Waals surface area (Å²) in [6.07, 6.45) is -15.2. The number of carboxylic acids is 3. The Kier molecular flexibility index (Phi) is 45.5. The lowest BCUT2D eigenvalue weighted by Gasteiger charge is -2.25. The summed E-state index contributed by atoms with van der Waals surface area (Å²) in [5.74, 6) is -8.01. The van der Waals surface area contributed by atoms with Crippen LogP contribution in [0.1, 0.15) is 0 Å². The predicted octanol–water partition coefficient (Wildman–Crippen LogP) is -11.6. The van der Waals surface area contributed by atoms with Gasteiger partial charge in [0.15, 0.2) is 23.7 Å². The average Bonchev–Trinajstić information content (AvgIpc) is 3.38. The zero-order chi connectivity index (χ0) is 58.4. The van der Waals surface area contributed by atoms with Crippen LogP contribution in [0.2, 0.25) is 0 Å². The lowest BCUT2D eigenvalue weighted by Crippen LogP contribution is -2.55. The quantitative estimate of drug-likeness (QED) is 0.0119. The number of halogens is 2. The molecule has 0 radical (unpaired) electrons. The van der Waals surface area contributed by atoms with E-state index in [4.69, 9.17) is 32.5 Å². The summed E-state index contributed by atoms with van der Waals surface area (Å²) in [7, 11) is -2.37. The Balaban J connectivity index is -0.00000128. The summed E-state index contributed by atoms with van der Waals surface area (Å²) >= 11 is 9.35. The van der Waals surface area contributed by atoms with Gasteiger partial charge >= 0.3 is 17.9 Å². The predicted molar refractivity (Wildman–Crippen MR) is 288 cm³/mol. The van der Waals surface area contributed by atoms with E-state index in [0.29, 0.717) is 0 Å². The molecule has 0 saturated carbocycles. The van der Waals surface area contributed by atoms with Crippen molar-refractivity contribution >= 4 is 152 Å². The number of alkyl halides is 2. The molecular weight excluding hydrogens is 1320 g/mol. The lowest BCUT2D eigenvalue weighted by atomic mass is 10.0. The molecule has 0 bridgehead atoms. The van der Waals surface area contributed by atoms with Crippen molar-refractivity contribution < 1.29 is 108 Å². The van der Waals surface area contributed by atoms with Crippen molar-refractivity contribution in [3.8, 4) is 0 Å². The van der Waals surface area contributed by atoms with Crippen molar-refractivity contribution in [2.45, 2.75) is 66.3 Å². The van der Waals surface area contributed by atoms with Gasteiger partial charge in [-0.25, -0.2) is 8.93 Å². The first-order chi connectivity index (χ1) is 35.0. The number of hydrogen-bond acceptors (Lipinski definition) is 25. The molecule has 436 valence electrons. The lowest BCUT2D eigenvalue weighted by molar-refractivity contribution is -0.155. The van der Waals surface area contributed by atoms with Gasteiger partial charge in [0.1, 0.15) is 53.5 Å². The molecule has 0 fully saturated rings. The maximum Gasteiger partial charge on any atom is 0.321 e. The summed E-state index contributed by atoms with van der Waals surface area (Å²) in [4.78, 5) is 112. The van der Waals surface area contributed by atoms with E-state index in [1.807, 2.05) is 45.2 Å². The fourth-order valence-electron chi connectivity index (χ4n) is 4.21. The monoisotopic (exact) mass is 1390 g/mol. The molecule has 0 spiro atoms. The van der Waals surface area contributed by atoms with Crippen LogP contribution in [0.15, 0.2) is 0 Å². The SMILES string of the molecule is NC(CSCC(=O)NCCNC(=O)[C@@H](O)[C@H](O)[C@H](O)[C@@H](O)S(=O)NCCNC(=O)CSCC(N)C(=O)O)C(=O)O.N[C@H](CS)C(=O)O.O=C(CI)NCCNC(=O)[C@@H](O)[C@H](O)[C@H](O)[C@@H](O)C(=O)NCCNC(=O)CI. The third-order valence-corrected chi connectivity index (χ3v) is 13.5. The molecule has 0 heterocycles. The number of amides is 7. The van der Waals surface area contributed by atoms with Gasteiger partial charge in [-0.05, 0) is 0 Å². The highest BCUT2D eigenvalue weighted by Gasteiger charge is 2.38. The first-order valence-corrected chi connectivity index (χ1v) is 28.5. The zero-order valence-electron chi connectivity index (χ0n) is 39.5.